The van der Waals surface area contributed by atoms with Crippen molar-refractivity contribution in [2.75, 3.05) is 26.2 Å². The number of pyridine rings is 1. The van der Waals surface area contributed by atoms with Crippen molar-refractivity contribution in [2.45, 2.75) is 13.1 Å². The summed E-state index contributed by atoms with van der Waals surface area (Å²) in [6.07, 6.45) is 3.79. The van der Waals surface area contributed by atoms with Gasteiger partial charge in [-0.2, -0.15) is 0 Å². The summed E-state index contributed by atoms with van der Waals surface area (Å²) in [5, 5.41) is 0.806. The first-order chi connectivity index (χ1) is 10.3. The Morgan fingerprint density at radius 3 is 2.05 bits per heavy atom. The molecule has 2 aromatic rings. The Kier molecular flexibility index (Phi) is 4.86. The maximum atomic E-state index is 5.93. The minimum Gasteiger partial charge on any atom is -0.297 e. The third kappa shape index (κ3) is 4.27. The molecule has 1 aromatic carbocycles. The fourth-order valence-corrected chi connectivity index (χ4v) is 2.83. The summed E-state index contributed by atoms with van der Waals surface area (Å²) < 4.78 is 0. The van der Waals surface area contributed by atoms with Crippen molar-refractivity contribution >= 4 is 11.6 Å². The second-order valence-electron chi connectivity index (χ2n) is 5.54. The highest BCUT2D eigenvalue weighted by molar-refractivity contribution is 6.30. The lowest BCUT2D eigenvalue weighted by Crippen LogP contribution is -2.45. The first kappa shape index (κ1) is 14.5. The van der Waals surface area contributed by atoms with Gasteiger partial charge in [0.1, 0.15) is 0 Å². The van der Waals surface area contributed by atoms with Gasteiger partial charge in [0, 0.05) is 56.7 Å². The van der Waals surface area contributed by atoms with E-state index in [1.165, 1.54) is 11.1 Å². The zero-order chi connectivity index (χ0) is 14.5. The third-order valence-corrected chi connectivity index (χ3v) is 4.17. The summed E-state index contributed by atoms with van der Waals surface area (Å²) in [7, 11) is 0. The molecule has 21 heavy (non-hydrogen) atoms. The number of hydrogen-bond acceptors (Lipinski definition) is 3. The van der Waals surface area contributed by atoms with E-state index in [1.54, 1.807) is 0 Å². The molecule has 0 amide bonds. The van der Waals surface area contributed by atoms with E-state index in [9.17, 15) is 0 Å². The molecule has 0 spiro atoms. The molecule has 1 aliphatic rings. The van der Waals surface area contributed by atoms with Crippen LogP contribution in [0.5, 0.6) is 0 Å². The molecule has 0 aliphatic carbocycles. The van der Waals surface area contributed by atoms with E-state index >= 15 is 0 Å². The molecule has 0 unspecified atom stereocenters. The third-order valence-electron chi connectivity index (χ3n) is 3.91. The average Bonchev–Trinajstić information content (AvgIpc) is 2.53. The Hall–Kier alpha value is -1.42. The van der Waals surface area contributed by atoms with Crippen molar-refractivity contribution in [1.29, 1.82) is 0 Å². The van der Waals surface area contributed by atoms with Crippen LogP contribution in [0.3, 0.4) is 0 Å². The van der Waals surface area contributed by atoms with Crippen molar-refractivity contribution in [1.82, 2.24) is 14.8 Å². The second-order valence-corrected chi connectivity index (χ2v) is 5.98. The van der Waals surface area contributed by atoms with Crippen LogP contribution in [0.15, 0.2) is 48.8 Å². The van der Waals surface area contributed by atoms with Crippen LogP contribution in [0, 0.1) is 0 Å². The summed E-state index contributed by atoms with van der Waals surface area (Å²) in [6.45, 7) is 6.47. The molecule has 0 radical (unpaired) electrons. The maximum Gasteiger partial charge on any atom is 0.0406 e. The van der Waals surface area contributed by atoms with E-state index in [0.29, 0.717) is 0 Å². The Balaban J connectivity index is 1.47. The van der Waals surface area contributed by atoms with Gasteiger partial charge in [-0.1, -0.05) is 29.8 Å². The number of piperazine rings is 1. The first-order valence-corrected chi connectivity index (χ1v) is 7.75. The van der Waals surface area contributed by atoms with Crippen molar-refractivity contribution in [3.05, 3.63) is 64.9 Å². The molecule has 3 nitrogen and oxygen atoms in total. The minimum atomic E-state index is 0.806. The monoisotopic (exact) mass is 301 g/mol. The molecule has 3 rings (SSSR count). The van der Waals surface area contributed by atoms with Crippen LogP contribution in [-0.4, -0.2) is 41.0 Å². The number of aromatic nitrogens is 1. The molecule has 1 aliphatic heterocycles. The zero-order valence-electron chi connectivity index (χ0n) is 12.1. The molecule has 0 atom stereocenters. The van der Waals surface area contributed by atoms with Crippen LogP contribution in [-0.2, 0) is 13.1 Å². The van der Waals surface area contributed by atoms with Gasteiger partial charge in [-0.3, -0.25) is 14.8 Å². The highest BCUT2D eigenvalue weighted by atomic mass is 35.5. The molecule has 4 heteroatoms. The van der Waals surface area contributed by atoms with Crippen LogP contribution in [0.2, 0.25) is 5.02 Å². The lowest BCUT2D eigenvalue weighted by atomic mass is 10.2. The van der Waals surface area contributed by atoms with Gasteiger partial charge in [0.15, 0.2) is 0 Å². The predicted octanol–water partition coefficient (Wildman–Crippen LogP) is 3.05. The van der Waals surface area contributed by atoms with Crippen molar-refractivity contribution in [2.24, 2.45) is 0 Å². The highest BCUT2D eigenvalue weighted by Crippen LogP contribution is 2.13. The smallest absolute Gasteiger partial charge is 0.0406 e. The Bertz CT molecular complexity index is 548. The Labute approximate surface area is 131 Å². The highest BCUT2D eigenvalue weighted by Gasteiger charge is 2.16. The maximum absolute atomic E-state index is 5.93. The van der Waals surface area contributed by atoms with E-state index < -0.39 is 0 Å². The molecule has 0 saturated carbocycles. The number of benzene rings is 1. The molecule has 110 valence electrons. The molecule has 1 aromatic heterocycles. The van der Waals surface area contributed by atoms with Crippen molar-refractivity contribution in [3.63, 3.8) is 0 Å². The summed E-state index contributed by atoms with van der Waals surface area (Å²) in [6, 6.07) is 12.3. The summed E-state index contributed by atoms with van der Waals surface area (Å²) in [4.78, 5) is 9.18. The number of halogens is 1. The first-order valence-electron chi connectivity index (χ1n) is 7.38. The fraction of sp³-hybridized carbons (Fsp3) is 0.353. The van der Waals surface area contributed by atoms with Gasteiger partial charge < -0.3 is 0 Å². The summed E-state index contributed by atoms with van der Waals surface area (Å²) in [5.74, 6) is 0. The van der Waals surface area contributed by atoms with Crippen molar-refractivity contribution in [3.8, 4) is 0 Å². The lowest BCUT2D eigenvalue weighted by Gasteiger charge is -2.34. The van der Waals surface area contributed by atoms with Gasteiger partial charge in [-0.15, -0.1) is 0 Å². The van der Waals surface area contributed by atoms with E-state index in [2.05, 4.69) is 33.0 Å². The van der Waals surface area contributed by atoms with Crippen LogP contribution in [0.4, 0.5) is 0 Å². The van der Waals surface area contributed by atoms with E-state index in [4.69, 9.17) is 11.6 Å². The van der Waals surface area contributed by atoms with Gasteiger partial charge in [0.2, 0.25) is 0 Å². The van der Waals surface area contributed by atoms with Crippen LogP contribution < -0.4 is 0 Å². The van der Waals surface area contributed by atoms with E-state index in [0.717, 1.165) is 44.3 Å². The number of rotatable bonds is 4. The van der Waals surface area contributed by atoms with Gasteiger partial charge in [0.05, 0.1) is 0 Å². The van der Waals surface area contributed by atoms with Crippen LogP contribution in [0.1, 0.15) is 11.1 Å². The molecule has 2 heterocycles. The van der Waals surface area contributed by atoms with Crippen molar-refractivity contribution < 1.29 is 0 Å². The Morgan fingerprint density at radius 1 is 0.857 bits per heavy atom. The average molecular weight is 302 g/mol. The summed E-state index contributed by atoms with van der Waals surface area (Å²) >= 11 is 5.93. The second kappa shape index (κ2) is 7.03. The van der Waals surface area contributed by atoms with Crippen LogP contribution in [0.25, 0.3) is 0 Å². The molecule has 1 saturated heterocycles. The Morgan fingerprint density at radius 2 is 1.48 bits per heavy atom. The van der Waals surface area contributed by atoms with E-state index in [-0.39, 0.29) is 0 Å². The lowest BCUT2D eigenvalue weighted by molar-refractivity contribution is 0.122. The quantitative estimate of drug-likeness (QED) is 0.865. The molecule has 1 fully saturated rings. The van der Waals surface area contributed by atoms with Crippen LogP contribution >= 0.6 is 11.6 Å². The van der Waals surface area contributed by atoms with Gasteiger partial charge in [-0.05, 0) is 29.3 Å². The zero-order valence-corrected chi connectivity index (χ0v) is 12.8. The normalized spacial score (nSPS) is 17.0. The van der Waals surface area contributed by atoms with Gasteiger partial charge in [-0.25, -0.2) is 0 Å². The topological polar surface area (TPSA) is 19.4 Å². The molecule has 0 N–H and O–H groups in total. The number of nitrogens with zero attached hydrogens (tertiary/aromatic N) is 3. The molecular weight excluding hydrogens is 282 g/mol. The standard InChI is InChI=1S/C17H20ClN3/c18-17-5-3-15(4-6-17)13-20-8-10-21(11-9-20)14-16-2-1-7-19-12-16/h1-7,12H,8-11,13-14H2. The fourth-order valence-electron chi connectivity index (χ4n) is 2.70. The number of hydrogen-bond donors (Lipinski definition) is 0. The summed E-state index contributed by atoms with van der Waals surface area (Å²) in [5.41, 5.74) is 2.63. The molecular formula is C17H20ClN3. The minimum absolute atomic E-state index is 0.806. The SMILES string of the molecule is Clc1ccc(CN2CCN(Cc3cccnc3)CC2)cc1. The van der Waals surface area contributed by atoms with Gasteiger partial charge >= 0.3 is 0 Å². The predicted molar refractivity (Wildman–Crippen MR) is 86.2 cm³/mol. The largest absolute Gasteiger partial charge is 0.297 e. The molecule has 0 bridgehead atoms. The van der Waals surface area contributed by atoms with E-state index in [1.807, 2.05) is 30.6 Å². The van der Waals surface area contributed by atoms with Gasteiger partial charge in [0.25, 0.3) is 0 Å².